The van der Waals surface area contributed by atoms with Gasteiger partial charge >= 0.3 is 0 Å². The molecule has 1 fully saturated rings. The standard InChI is InChI=1S/C20H24N4O3/c1-23-19(25)13-15-12-14(2-7-18(15)22-23)20(26)21-16-3-5-17(6-4-16)24-8-10-27-11-9-24/h3-6,13-14H,2,7-12H2,1H3,(H,21,26)/t14-/m0/s1. The maximum absolute atomic E-state index is 12.7. The van der Waals surface area contributed by atoms with Crippen LogP contribution in [-0.4, -0.2) is 42.0 Å². The fourth-order valence-electron chi connectivity index (χ4n) is 3.73. The first-order valence-electron chi connectivity index (χ1n) is 9.40. The van der Waals surface area contributed by atoms with Crippen LogP contribution in [-0.2, 0) is 29.4 Å². The summed E-state index contributed by atoms with van der Waals surface area (Å²) in [4.78, 5) is 26.8. The van der Waals surface area contributed by atoms with Crippen molar-refractivity contribution >= 4 is 17.3 Å². The average Bonchev–Trinajstić information content (AvgIpc) is 2.70. The highest BCUT2D eigenvalue weighted by Crippen LogP contribution is 2.25. The second kappa shape index (κ2) is 7.52. The summed E-state index contributed by atoms with van der Waals surface area (Å²) in [6.07, 6.45) is 2.03. The number of carbonyl (C=O) groups excluding carboxylic acids is 1. The Balaban J connectivity index is 1.40. The van der Waals surface area contributed by atoms with E-state index in [1.165, 1.54) is 4.68 Å². The fraction of sp³-hybridized carbons (Fsp3) is 0.450. The van der Waals surface area contributed by atoms with Crippen molar-refractivity contribution in [1.82, 2.24) is 9.78 Å². The molecule has 1 aromatic heterocycles. The lowest BCUT2D eigenvalue weighted by Crippen LogP contribution is -2.36. The molecule has 2 aromatic rings. The Labute approximate surface area is 157 Å². The van der Waals surface area contributed by atoms with E-state index in [9.17, 15) is 9.59 Å². The van der Waals surface area contributed by atoms with Gasteiger partial charge < -0.3 is 15.0 Å². The van der Waals surface area contributed by atoms with Crippen LogP contribution in [0.1, 0.15) is 17.7 Å². The molecule has 142 valence electrons. The number of amides is 1. The number of aryl methyl sites for hydroxylation is 2. The average molecular weight is 368 g/mol. The molecule has 1 aliphatic carbocycles. The van der Waals surface area contributed by atoms with Gasteiger partial charge in [-0.1, -0.05) is 0 Å². The summed E-state index contributed by atoms with van der Waals surface area (Å²) in [5, 5.41) is 7.32. The van der Waals surface area contributed by atoms with Crippen molar-refractivity contribution in [3.05, 3.63) is 51.9 Å². The molecule has 1 atom stereocenters. The summed E-state index contributed by atoms with van der Waals surface area (Å²) in [7, 11) is 1.65. The Bertz CT molecular complexity index is 885. The summed E-state index contributed by atoms with van der Waals surface area (Å²) < 4.78 is 6.74. The van der Waals surface area contributed by atoms with Gasteiger partial charge in [0.1, 0.15) is 0 Å². The smallest absolute Gasteiger partial charge is 0.266 e. The molecule has 2 heterocycles. The van der Waals surface area contributed by atoms with E-state index in [4.69, 9.17) is 4.74 Å². The number of nitrogens with one attached hydrogen (secondary N) is 1. The van der Waals surface area contributed by atoms with Crippen molar-refractivity contribution in [2.24, 2.45) is 13.0 Å². The van der Waals surface area contributed by atoms with Crippen LogP contribution in [0.2, 0.25) is 0 Å². The predicted octanol–water partition coefficient (Wildman–Crippen LogP) is 1.36. The number of fused-ring (bicyclic) bond motifs is 1. The highest BCUT2D eigenvalue weighted by Gasteiger charge is 2.26. The maximum atomic E-state index is 12.7. The van der Waals surface area contributed by atoms with Crippen LogP contribution in [0.25, 0.3) is 0 Å². The molecule has 7 heteroatoms. The number of morpholine rings is 1. The van der Waals surface area contributed by atoms with Crippen LogP contribution in [0.5, 0.6) is 0 Å². The Hall–Kier alpha value is -2.67. The third-order valence-corrected chi connectivity index (χ3v) is 5.34. The first-order chi connectivity index (χ1) is 13.1. The minimum absolute atomic E-state index is 0.000416. The second-order valence-corrected chi connectivity index (χ2v) is 7.15. The van der Waals surface area contributed by atoms with Crippen LogP contribution in [0, 0.1) is 5.92 Å². The SMILES string of the molecule is Cn1nc2c(cc1=O)C[C@@H](C(=O)Nc1ccc(N3CCOCC3)cc1)CC2. The number of nitrogens with zero attached hydrogens (tertiary/aromatic N) is 3. The van der Waals surface area contributed by atoms with Crippen molar-refractivity contribution < 1.29 is 9.53 Å². The van der Waals surface area contributed by atoms with E-state index in [0.29, 0.717) is 6.42 Å². The maximum Gasteiger partial charge on any atom is 0.266 e. The topological polar surface area (TPSA) is 76.5 Å². The number of ether oxygens (including phenoxy) is 1. The second-order valence-electron chi connectivity index (χ2n) is 7.15. The molecule has 1 saturated heterocycles. The summed E-state index contributed by atoms with van der Waals surface area (Å²) in [6.45, 7) is 3.28. The van der Waals surface area contributed by atoms with Crippen molar-refractivity contribution in [2.75, 3.05) is 36.5 Å². The van der Waals surface area contributed by atoms with Gasteiger partial charge in [0.15, 0.2) is 0 Å². The van der Waals surface area contributed by atoms with Gasteiger partial charge in [-0.05, 0) is 49.1 Å². The molecule has 2 aliphatic rings. The van der Waals surface area contributed by atoms with E-state index in [1.807, 2.05) is 24.3 Å². The zero-order valence-corrected chi connectivity index (χ0v) is 15.5. The molecule has 0 bridgehead atoms. The monoisotopic (exact) mass is 368 g/mol. The van der Waals surface area contributed by atoms with Gasteiger partial charge in [-0.2, -0.15) is 5.10 Å². The van der Waals surface area contributed by atoms with Crippen LogP contribution in [0.4, 0.5) is 11.4 Å². The molecule has 0 spiro atoms. The molecule has 7 nitrogen and oxygen atoms in total. The Morgan fingerprint density at radius 3 is 2.70 bits per heavy atom. The fourth-order valence-corrected chi connectivity index (χ4v) is 3.73. The van der Waals surface area contributed by atoms with Crippen molar-refractivity contribution in [2.45, 2.75) is 19.3 Å². The van der Waals surface area contributed by atoms with E-state index in [1.54, 1.807) is 13.1 Å². The van der Waals surface area contributed by atoms with Gasteiger partial charge in [0.25, 0.3) is 5.56 Å². The van der Waals surface area contributed by atoms with Crippen LogP contribution in [0.15, 0.2) is 35.1 Å². The van der Waals surface area contributed by atoms with Gasteiger partial charge in [0.05, 0.1) is 18.9 Å². The molecule has 0 saturated carbocycles. The number of benzene rings is 1. The van der Waals surface area contributed by atoms with E-state index >= 15 is 0 Å². The summed E-state index contributed by atoms with van der Waals surface area (Å²) >= 11 is 0. The quantitative estimate of drug-likeness (QED) is 0.885. The summed E-state index contributed by atoms with van der Waals surface area (Å²) in [6, 6.07) is 9.56. The lowest BCUT2D eigenvalue weighted by Gasteiger charge is -2.29. The molecule has 0 radical (unpaired) electrons. The van der Waals surface area contributed by atoms with Gasteiger partial charge in [-0.15, -0.1) is 0 Å². The molecule has 27 heavy (non-hydrogen) atoms. The van der Waals surface area contributed by atoms with Gasteiger partial charge in [-0.3, -0.25) is 9.59 Å². The van der Waals surface area contributed by atoms with Crippen molar-refractivity contribution in [3.8, 4) is 0 Å². The molecule has 1 aliphatic heterocycles. The zero-order valence-electron chi connectivity index (χ0n) is 15.5. The zero-order chi connectivity index (χ0) is 18.8. The lowest BCUT2D eigenvalue weighted by molar-refractivity contribution is -0.120. The van der Waals surface area contributed by atoms with E-state index in [2.05, 4.69) is 15.3 Å². The number of aromatic nitrogens is 2. The summed E-state index contributed by atoms with van der Waals surface area (Å²) in [5.41, 5.74) is 3.63. The third kappa shape index (κ3) is 3.88. The minimum Gasteiger partial charge on any atom is -0.378 e. The van der Waals surface area contributed by atoms with E-state index < -0.39 is 0 Å². The van der Waals surface area contributed by atoms with Crippen LogP contribution >= 0.6 is 0 Å². The lowest BCUT2D eigenvalue weighted by atomic mass is 9.86. The Morgan fingerprint density at radius 1 is 1.22 bits per heavy atom. The Morgan fingerprint density at radius 2 is 1.96 bits per heavy atom. The molecule has 1 amide bonds. The Kier molecular flexibility index (Phi) is 4.94. The molecular weight excluding hydrogens is 344 g/mol. The number of anilines is 2. The number of hydrogen-bond donors (Lipinski definition) is 1. The molecular formula is C20H24N4O3. The first kappa shape index (κ1) is 17.7. The van der Waals surface area contributed by atoms with Gasteiger partial charge in [0.2, 0.25) is 5.91 Å². The first-order valence-corrected chi connectivity index (χ1v) is 9.40. The molecule has 1 aromatic carbocycles. The largest absolute Gasteiger partial charge is 0.378 e. The van der Waals surface area contributed by atoms with Gasteiger partial charge in [-0.25, -0.2) is 4.68 Å². The minimum atomic E-state index is -0.134. The number of rotatable bonds is 3. The highest BCUT2D eigenvalue weighted by molar-refractivity contribution is 5.93. The van der Waals surface area contributed by atoms with E-state index in [0.717, 1.165) is 61.8 Å². The van der Waals surface area contributed by atoms with Crippen molar-refractivity contribution in [1.29, 1.82) is 0 Å². The molecule has 0 unspecified atom stereocenters. The number of hydrogen-bond acceptors (Lipinski definition) is 5. The van der Waals surface area contributed by atoms with Crippen molar-refractivity contribution in [3.63, 3.8) is 0 Å². The van der Waals surface area contributed by atoms with Crippen LogP contribution < -0.4 is 15.8 Å². The normalized spacial score (nSPS) is 19.4. The molecule has 4 rings (SSSR count). The molecule has 1 N–H and O–H groups in total. The van der Waals surface area contributed by atoms with Gasteiger partial charge in [0, 0.05) is 43.5 Å². The third-order valence-electron chi connectivity index (χ3n) is 5.34. The van der Waals surface area contributed by atoms with Crippen LogP contribution in [0.3, 0.4) is 0 Å². The highest BCUT2D eigenvalue weighted by atomic mass is 16.5. The van der Waals surface area contributed by atoms with E-state index in [-0.39, 0.29) is 17.4 Å². The summed E-state index contributed by atoms with van der Waals surface area (Å²) in [5.74, 6) is -0.134. The predicted molar refractivity (Wildman–Crippen MR) is 103 cm³/mol. The number of carbonyl (C=O) groups is 1.